The van der Waals surface area contributed by atoms with E-state index in [2.05, 4.69) is 5.32 Å². The summed E-state index contributed by atoms with van der Waals surface area (Å²) in [6.45, 7) is 2.31. The molecule has 2 atom stereocenters. The number of anilines is 1. The van der Waals surface area contributed by atoms with Gasteiger partial charge in [-0.1, -0.05) is 60.7 Å². The lowest BCUT2D eigenvalue weighted by atomic mass is 10.0. The predicted octanol–water partition coefficient (Wildman–Crippen LogP) is 2.94. The zero-order chi connectivity index (χ0) is 25.2. The van der Waals surface area contributed by atoms with E-state index in [9.17, 15) is 9.59 Å². The smallest absolute Gasteiger partial charge is 0.329 e. The molecular weight excluding hydrogens is 442 g/mol. The normalized spacial score (nSPS) is 12.5. The summed E-state index contributed by atoms with van der Waals surface area (Å²) in [4.78, 5) is 28.4. The quantitative estimate of drug-likeness (QED) is 0.146. The Bertz CT molecular complexity index is 1150. The van der Waals surface area contributed by atoms with Gasteiger partial charge in [-0.25, -0.2) is 4.79 Å². The van der Waals surface area contributed by atoms with Crippen LogP contribution in [0.1, 0.15) is 25.3 Å². The van der Waals surface area contributed by atoms with Crippen LogP contribution in [0.15, 0.2) is 72.8 Å². The number of benzene rings is 3. The minimum absolute atomic E-state index is 0.148. The van der Waals surface area contributed by atoms with Crippen molar-refractivity contribution < 1.29 is 14.3 Å². The maximum absolute atomic E-state index is 13.8. The fourth-order valence-electron chi connectivity index (χ4n) is 4.03. The first-order valence-corrected chi connectivity index (χ1v) is 11.8. The monoisotopic (exact) mass is 475 g/mol. The molecule has 184 valence electrons. The molecule has 0 saturated carbocycles. The molecule has 0 heterocycles. The van der Waals surface area contributed by atoms with Crippen molar-refractivity contribution in [3.05, 3.63) is 78.4 Å². The van der Waals surface area contributed by atoms with Crippen molar-refractivity contribution in [1.82, 2.24) is 5.32 Å². The summed E-state index contributed by atoms with van der Waals surface area (Å²) in [5, 5.41) is 12.1. The first-order valence-electron chi connectivity index (χ1n) is 11.8. The summed E-state index contributed by atoms with van der Waals surface area (Å²) in [7, 11) is 0. The number of fused-ring (bicyclic) bond motifs is 1. The fourth-order valence-corrected chi connectivity index (χ4v) is 4.03. The molecule has 8 nitrogen and oxygen atoms in total. The van der Waals surface area contributed by atoms with Gasteiger partial charge in [0.2, 0.25) is 5.91 Å². The number of hydrogen-bond donors (Lipinski definition) is 4. The summed E-state index contributed by atoms with van der Waals surface area (Å²) in [5.74, 6) is -1.00. The molecule has 0 radical (unpaired) electrons. The average Bonchev–Trinajstić information content (AvgIpc) is 2.86. The topological polar surface area (TPSA) is 135 Å². The first kappa shape index (κ1) is 25.7. The second-order valence-corrected chi connectivity index (χ2v) is 8.29. The molecule has 3 rings (SSSR count). The van der Waals surface area contributed by atoms with E-state index in [4.69, 9.17) is 21.6 Å². The summed E-state index contributed by atoms with van der Waals surface area (Å²) < 4.78 is 5.36. The molecule has 8 heteroatoms. The number of nitrogens with two attached hydrogens (primary N) is 2. The number of carbonyl (C=O) groups excluding carboxylic acids is 2. The van der Waals surface area contributed by atoms with Crippen molar-refractivity contribution in [2.75, 3.05) is 18.1 Å². The van der Waals surface area contributed by atoms with Crippen LogP contribution in [0.5, 0.6) is 0 Å². The van der Waals surface area contributed by atoms with Gasteiger partial charge in [0.25, 0.3) is 0 Å². The molecule has 0 fully saturated rings. The molecule has 2 unspecified atom stereocenters. The van der Waals surface area contributed by atoms with Gasteiger partial charge in [0.1, 0.15) is 6.04 Å². The second-order valence-electron chi connectivity index (χ2n) is 8.29. The van der Waals surface area contributed by atoms with Crippen molar-refractivity contribution >= 4 is 34.3 Å². The Labute approximate surface area is 205 Å². The van der Waals surface area contributed by atoms with E-state index in [1.165, 1.54) is 4.90 Å². The number of carbonyl (C=O) groups is 2. The Hall–Kier alpha value is -3.91. The van der Waals surface area contributed by atoms with Crippen LogP contribution in [-0.2, 0) is 20.7 Å². The zero-order valence-corrected chi connectivity index (χ0v) is 19.9. The van der Waals surface area contributed by atoms with Crippen molar-refractivity contribution in [2.24, 2.45) is 11.5 Å². The largest absolute Gasteiger partial charge is 0.464 e. The number of amides is 1. The highest BCUT2D eigenvalue weighted by Gasteiger charge is 2.34. The van der Waals surface area contributed by atoms with E-state index in [0.717, 1.165) is 16.3 Å². The molecule has 35 heavy (non-hydrogen) atoms. The SMILES string of the molecule is CCOC(=O)C(CCCNC(=N)N)N(C(=O)C(N)Cc1ccccc1)c1ccc2ccccc2c1. The lowest BCUT2D eigenvalue weighted by Crippen LogP contribution is -2.53. The van der Waals surface area contributed by atoms with Crippen LogP contribution < -0.4 is 21.7 Å². The van der Waals surface area contributed by atoms with Crippen LogP contribution in [0.25, 0.3) is 10.8 Å². The molecular formula is C27H33N5O3. The molecule has 6 N–H and O–H groups in total. The molecule has 0 aliphatic rings. The molecule has 3 aromatic rings. The molecule has 1 amide bonds. The summed E-state index contributed by atoms with van der Waals surface area (Å²) in [6, 6.07) is 21.3. The molecule has 0 aromatic heterocycles. The molecule has 0 spiro atoms. The minimum atomic E-state index is -0.876. The van der Waals surface area contributed by atoms with Crippen molar-refractivity contribution in [2.45, 2.75) is 38.3 Å². The van der Waals surface area contributed by atoms with Crippen LogP contribution >= 0.6 is 0 Å². The molecule has 3 aromatic carbocycles. The van der Waals surface area contributed by atoms with Crippen LogP contribution in [0.2, 0.25) is 0 Å². The number of nitrogens with zero attached hydrogens (tertiary/aromatic N) is 1. The summed E-state index contributed by atoms with van der Waals surface area (Å²) in [5.41, 5.74) is 13.3. The summed E-state index contributed by atoms with van der Waals surface area (Å²) >= 11 is 0. The molecule has 0 saturated heterocycles. The van der Waals surface area contributed by atoms with Gasteiger partial charge in [0, 0.05) is 12.2 Å². The molecule has 0 aliphatic carbocycles. The molecule has 0 aliphatic heterocycles. The van der Waals surface area contributed by atoms with E-state index in [1.807, 2.05) is 72.8 Å². The Balaban J connectivity index is 1.97. The third-order valence-corrected chi connectivity index (χ3v) is 5.70. The highest BCUT2D eigenvalue weighted by Crippen LogP contribution is 2.27. The van der Waals surface area contributed by atoms with Gasteiger partial charge >= 0.3 is 5.97 Å². The third-order valence-electron chi connectivity index (χ3n) is 5.70. The third kappa shape index (κ3) is 7.04. The first-order chi connectivity index (χ1) is 16.9. The van der Waals surface area contributed by atoms with Gasteiger partial charge in [-0.05, 0) is 54.7 Å². The van der Waals surface area contributed by atoms with E-state index in [-0.39, 0.29) is 18.5 Å². The summed E-state index contributed by atoms with van der Waals surface area (Å²) in [6.07, 6.45) is 1.15. The lowest BCUT2D eigenvalue weighted by Gasteiger charge is -2.32. The predicted molar refractivity (Wildman–Crippen MR) is 139 cm³/mol. The lowest BCUT2D eigenvalue weighted by molar-refractivity contribution is -0.146. The zero-order valence-electron chi connectivity index (χ0n) is 19.9. The number of nitrogens with one attached hydrogen (secondary N) is 2. The van der Waals surface area contributed by atoms with E-state index in [1.54, 1.807) is 6.92 Å². The number of rotatable bonds is 11. The average molecular weight is 476 g/mol. The number of esters is 1. The Morgan fingerprint density at radius 1 is 1.03 bits per heavy atom. The highest BCUT2D eigenvalue weighted by molar-refractivity contribution is 6.03. The van der Waals surface area contributed by atoms with Gasteiger partial charge in [-0.2, -0.15) is 0 Å². The highest BCUT2D eigenvalue weighted by atomic mass is 16.5. The van der Waals surface area contributed by atoms with Crippen LogP contribution in [0, 0.1) is 5.41 Å². The fraction of sp³-hybridized carbons (Fsp3) is 0.296. The molecule has 0 bridgehead atoms. The second kappa shape index (κ2) is 12.5. The van der Waals surface area contributed by atoms with Crippen LogP contribution in [-0.4, -0.2) is 43.1 Å². The minimum Gasteiger partial charge on any atom is -0.464 e. The number of hydrogen-bond acceptors (Lipinski definition) is 5. The van der Waals surface area contributed by atoms with Gasteiger partial charge in [-0.15, -0.1) is 0 Å². The van der Waals surface area contributed by atoms with Crippen molar-refractivity contribution in [3.8, 4) is 0 Å². The van der Waals surface area contributed by atoms with Crippen molar-refractivity contribution in [1.29, 1.82) is 5.41 Å². The Morgan fingerprint density at radius 2 is 1.71 bits per heavy atom. The van der Waals surface area contributed by atoms with E-state index >= 15 is 0 Å². The van der Waals surface area contributed by atoms with E-state index in [0.29, 0.717) is 31.5 Å². The van der Waals surface area contributed by atoms with Crippen molar-refractivity contribution in [3.63, 3.8) is 0 Å². The maximum atomic E-state index is 13.8. The van der Waals surface area contributed by atoms with Gasteiger partial charge in [0.15, 0.2) is 5.96 Å². The van der Waals surface area contributed by atoms with E-state index < -0.39 is 18.1 Å². The Kier molecular flexibility index (Phi) is 9.20. The van der Waals surface area contributed by atoms with Crippen LogP contribution in [0.4, 0.5) is 5.69 Å². The Morgan fingerprint density at radius 3 is 2.40 bits per heavy atom. The number of guanidine groups is 1. The van der Waals surface area contributed by atoms with Gasteiger partial charge in [-0.3, -0.25) is 15.1 Å². The van der Waals surface area contributed by atoms with Gasteiger partial charge < -0.3 is 21.5 Å². The number of ether oxygens (including phenoxy) is 1. The van der Waals surface area contributed by atoms with Gasteiger partial charge in [0.05, 0.1) is 12.6 Å². The van der Waals surface area contributed by atoms with Crippen LogP contribution in [0.3, 0.4) is 0 Å². The maximum Gasteiger partial charge on any atom is 0.329 e. The standard InChI is InChI=1S/C27H33N5O3/c1-2-35-26(34)24(13-8-16-31-27(29)30)32(22-15-14-20-11-6-7-12-21(20)18-22)25(33)23(28)17-19-9-4-3-5-10-19/h3-7,9-12,14-15,18,23-24H,2,8,13,16-17,28H2,1H3,(H4,29,30,31).